The van der Waals surface area contributed by atoms with Gasteiger partial charge in [0.1, 0.15) is 16.7 Å². The standard InChI is InChI=1S/C29H29ClN2O3/c1-4-20-11-14-26-22(17-20)18-23(28(30)31-26)19-32(16-15-21-9-12-24(34-2)13-10-21)29(33)25-7-5-6-8-27(25)35-3/h5-14,17-18H,4,15-16,19H2,1-3H3. The van der Waals surface area contributed by atoms with E-state index in [1.54, 1.807) is 31.3 Å². The Labute approximate surface area is 211 Å². The molecule has 4 aromatic rings. The van der Waals surface area contributed by atoms with Gasteiger partial charge in [-0.05, 0) is 66.4 Å². The van der Waals surface area contributed by atoms with Gasteiger partial charge in [0.05, 0.1) is 25.3 Å². The van der Waals surface area contributed by atoms with Crippen LogP contribution in [0.15, 0.2) is 72.8 Å². The molecule has 0 unspecified atom stereocenters. The van der Waals surface area contributed by atoms with Crippen molar-refractivity contribution in [1.29, 1.82) is 0 Å². The highest BCUT2D eigenvalue weighted by molar-refractivity contribution is 6.30. The van der Waals surface area contributed by atoms with Crippen LogP contribution < -0.4 is 9.47 Å². The van der Waals surface area contributed by atoms with Crippen molar-refractivity contribution in [2.75, 3.05) is 20.8 Å². The summed E-state index contributed by atoms with van der Waals surface area (Å²) in [6.45, 7) is 2.97. The van der Waals surface area contributed by atoms with Crippen LogP contribution in [0.5, 0.6) is 11.5 Å². The number of aromatic nitrogens is 1. The lowest BCUT2D eigenvalue weighted by Gasteiger charge is -2.24. The summed E-state index contributed by atoms with van der Waals surface area (Å²) in [7, 11) is 3.22. The molecule has 0 atom stereocenters. The van der Waals surface area contributed by atoms with Gasteiger partial charge in [0.2, 0.25) is 0 Å². The SMILES string of the molecule is CCc1ccc2nc(Cl)c(CN(CCc3ccc(OC)cc3)C(=O)c3ccccc3OC)cc2c1. The van der Waals surface area contributed by atoms with Gasteiger partial charge in [0.15, 0.2) is 0 Å². The first-order valence-electron chi connectivity index (χ1n) is 11.7. The van der Waals surface area contributed by atoms with Crippen molar-refractivity contribution >= 4 is 28.4 Å². The Morgan fingerprint density at radius 3 is 2.40 bits per heavy atom. The van der Waals surface area contributed by atoms with E-state index in [1.807, 2.05) is 48.5 Å². The molecule has 0 saturated heterocycles. The van der Waals surface area contributed by atoms with Gasteiger partial charge in [-0.15, -0.1) is 0 Å². The van der Waals surface area contributed by atoms with Gasteiger partial charge in [-0.1, -0.05) is 48.9 Å². The molecule has 0 aliphatic heterocycles. The van der Waals surface area contributed by atoms with Gasteiger partial charge in [0.25, 0.3) is 5.91 Å². The molecule has 0 aliphatic rings. The van der Waals surface area contributed by atoms with E-state index in [-0.39, 0.29) is 5.91 Å². The molecule has 1 heterocycles. The van der Waals surface area contributed by atoms with Crippen LogP contribution in [0.3, 0.4) is 0 Å². The quantitative estimate of drug-likeness (QED) is 0.257. The highest BCUT2D eigenvalue weighted by atomic mass is 35.5. The summed E-state index contributed by atoms with van der Waals surface area (Å²) in [5, 5.41) is 1.42. The lowest BCUT2D eigenvalue weighted by Crippen LogP contribution is -2.33. The van der Waals surface area contributed by atoms with Crippen molar-refractivity contribution in [2.24, 2.45) is 0 Å². The lowest BCUT2D eigenvalue weighted by molar-refractivity contribution is 0.0741. The van der Waals surface area contributed by atoms with Gasteiger partial charge in [-0.2, -0.15) is 0 Å². The summed E-state index contributed by atoms with van der Waals surface area (Å²) in [5.74, 6) is 1.23. The van der Waals surface area contributed by atoms with Gasteiger partial charge < -0.3 is 14.4 Å². The maximum atomic E-state index is 13.7. The normalized spacial score (nSPS) is 10.9. The Morgan fingerprint density at radius 1 is 0.943 bits per heavy atom. The molecule has 1 amide bonds. The van der Waals surface area contributed by atoms with E-state index in [2.05, 4.69) is 24.0 Å². The number of hydrogen-bond acceptors (Lipinski definition) is 4. The van der Waals surface area contributed by atoms with Crippen LogP contribution in [0.25, 0.3) is 10.9 Å². The number of hydrogen-bond donors (Lipinski definition) is 0. The second-order valence-electron chi connectivity index (χ2n) is 8.34. The van der Waals surface area contributed by atoms with E-state index in [0.717, 1.165) is 34.2 Å². The first-order valence-corrected chi connectivity index (χ1v) is 12.0. The number of nitrogens with zero attached hydrogens (tertiary/aromatic N) is 2. The topological polar surface area (TPSA) is 51.7 Å². The van der Waals surface area contributed by atoms with Crippen molar-refractivity contribution in [3.63, 3.8) is 0 Å². The third-order valence-corrected chi connectivity index (χ3v) is 6.46. The molecule has 3 aromatic carbocycles. The summed E-state index contributed by atoms with van der Waals surface area (Å²) in [4.78, 5) is 20.1. The number of ether oxygens (including phenoxy) is 2. The molecular formula is C29H29ClN2O3. The van der Waals surface area contributed by atoms with E-state index in [0.29, 0.717) is 36.0 Å². The van der Waals surface area contributed by atoms with Crippen LogP contribution >= 0.6 is 11.6 Å². The van der Waals surface area contributed by atoms with Gasteiger partial charge >= 0.3 is 0 Å². The van der Waals surface area contributed by atoms with E-state index in [4.69, 9.17) is 21.1 Å². The molecule has 0 N–H and O–H groups in total. The van der Waals surface area contributed by atoms with E-state index in [9.17, 15) is 4.79 Å². The number of halogens is 1. The minimum atomic E-state index is -0.116. The van der Waals surface area contributed by atoms with Crippen molar-refractivity contribution in [1.82, 2.24) is 9.88 Å². The third kappa shape index (κ3) is 5.75. The van der Waals surface area contributed by atoms with Crippen molar-refractivity contribution in [3.05, 3.63) is 100 Å². The zero-order valence-electron chi connectivity index (χ0n) is 20.3. The molecule has 0 saturated carbocycles. The largest absolute Gasteiger partial charge is 0.497 e. The molecule has 0 spiro atoms. The first-order chi connectivity index (χ1) is 17.0. The monoisotopic (exact) mass is 488 g/mol. The second-order valence-corrected chi connectivity index (χ2v) is 8.70. The number of aryl methyl sites for hydroxylation is 1. The van der Waals surface area contributed by atoms with Crippen molar-refractivity contribution in [3.8, 4) is 11.5 Å². The average Bonchev–Trinajstić information content (AvgIpc) is 2.90. The molecule has 35 heavy (non-hydrogen) atoms. The highest BCUT2D eigenvalue weighted by Gasteiger charge is 2.21. The first kappa shape index (κ1) is 24.6. The van der Waals surface area contributed by atoms with Crippen molar-refractivity contribution in [2.45, 2.75) is 26.3 Å². The number of carbonyl (C=O) groups is 1. The molecule has 0 radical (unpaired) electrons. The van der Waals surface area contributed by atoms with Gasteiger partial charge in [-0.3, -0.25) is 4.79 Å². The lowest BCUT2D eigenvalue weighted by atomic mass is 10.1. The van der Waals surface area contributed by atoms with Crippen LogP contribution in [0.2, 0.25) is 5.15 Å². The maximum Gasteiger partial charge on any atom is 0.257 e. The Balaban J connectivity index is 1.66. The molecule has 0 aliphatic carbocycles. The predicted octanol–water partition coefficient (Wildman–Crippen LogP) is 6.35. The molecular weight excluding hydrogens is 460 g/mol. The van der Waals surface area contributed by atoms with Crippen LogP contribution in [-0.2, 0) is 19.4 Å². The number of rotatable bonds is 9. The fourth-order valence-electron chi connectivity index (χ4n) is 4.08. The molecule has 4 rings (SSSR count). The fourth-order valence-corrected chi connectivity index (χ4v) is 4.29. The minimum Gasteiger partial charge on any atom is -0.497 e. The van der Waals surface area contributed by atoms with Crippen molar-refractivity contribution < 1.29 is 14.3 Å². The zero-order chi connectivity index (χ0) is 24.8. The minimum absolute atomic E-state index is 0.116. The van der Waals surface area contributed by atoms with E-state index < -0.39 is 0 Å². The van der Waals surface area contributed by atoms with Crippen LogP contribution in [0, 0.1) is 0 Å². The summed E-state index contributed by atoms with van der Waals surface area (Å²) < 4.78 is 10.7. The summed E-state index contributed by atoms with van der Waals surface area (Å²) in [6.07, 6.45) is 1.62. The third-order valence-electron chi connectivity index (χ3n) is 6.13. The number of carbonyl (C=O) groups excluding carboxylic acids is 1. The number of pyridine rings is 1. The molecule has 0 bridgehead atoms. The van der Waals surface area contributed by atoms with Gasteiger partial charge in [-0.25, -0.2) is 4.98 Å². The van der Waals surface area contributed by atoms with Crippen LogP contribution in [0.4, 0.5) is 0 Å². The van der Waals surface area contributed by atoms with E-state index >= 15 is 0 Å². The number of para-hydroxylation sites is 1. The Morgan fingerprint density at radius 2 is 1.69 bits per heavy atom. The fraction of sp³-hybridized carbons (Fsp3) is 0.241. The van der Waals surface area contributed by atoms with Gasteiger partial charge in [0, 0.05) is 24.0 Å². The zero-order valence-corrected chi connectivity index (χ0v) is 21.0. The summed E-state index contributed by atoms with van der Waals surface area (Å²) in [6, 6.07) is 23.4. The molecule has 5 nitrogen and oxygen atoms in total. The summed E-state index contributed by atoms with van der Waals surface area (Å²) >= 11 is 6.59. The van der Waals surface area contributed by atoms with Crippen LogP contribution in [0.1, 0.15) is 34.0 Å². The second kappa shape index (κ2) is 11.2. The number of methoxy groups -OCH3 is 2. The maximum absolute atomic E-state index is 13.7. The Kier molecular flexibility index (Phi) is 7.88. The number of benzene rings is 3. The molecule has 6 heteroatoms. The number of amides is 1. The predicted molar refractivity (Wildman–Crippen MR) is 141 cm³/mol. The average molecular weight is 489 g/mol. The molecule has 180 valence electrons. The highest BCUT2D eigenvalue weighted by Crippen LogP contribution is 2.26. The Hall–Kier alpha value is -3.57. The molecule has 0 fully saturated rings. The number of fused-ring (bicyclic) bond motifs is 1. The summed E-state index contributed by atoms with van der Waals surface area (Å²) in [5.41, 5.74) is 4.51. The van der Waals surface area contributed by atoms with Crippen LogP contribution in [-0.4, -0.2) is 36.6 Å². The van der Waals surface area contributed by atoms with E-state index in [1.165, 1.54) is 5.56 Å². The Bertz CT molecular complexity index is 1320. The smallest absolute Gasteiger partial charge is 0.257 e. The molecule has 1 aromatic heterocycles.